The molecule has 0 aromatic heterocycles. The summed E-state index contributed by atoms with van der Waals surface area (Å²) >= 11 is 0. The Bertz CT molecular complexity index is 757. The van der Waals surface area contributed by atoms with Crippen molar-refractivity contribution in [2.24, 2.45) is 0 Å². The topological polar surface area (TPSA) is 26.3 Å². The van der Waals surface area contributed by atoms with Gasteiger partial charge in [-0.2, -0.15) is 0 Å². The Hall–Kier alpha value is -2.13. The van der Waals surface area contributed by atoms with Crippen molar-refractivity contribution in [3.05, 3.63) is 77.0 Å². The van der Waals surface area contributed by atoms with Gasteiger partial charge < -0.3 is 4.74 Å². The number of ether oxygens (including phenoxy) is 1. The van der Waals surface area contributed by atoms with E-state index in [2.05, 4.69) is 31.8 Å². The second kappa shape index (κ2) is 5.50. The fourth-order valence-corrected chi connectivity index (χ4v) is 6.15. The van der Waals surface area contributed by atoms with Gasteiger partial charge in [-0.25, -0.2) is 0 Å². The molecule has 0 amide bonds. The lowest BCUT2D eigenvalue weighted by Gasteiger charge is -2.23. The van der Waals surface area contributed by atoms with E-state index in [1.54, 1.807) is 0 Å². The van der Waals surface area contributed by atoms with Crippen LogP contribution in [-0.2, 0) is 14.9 Å². The van der Waals surface area contributed by atoms with Gasteiger partial charge in [0.05, 0.1) is 15.2 Å². The summed E-state index contributed by atoms with van der Waals surface area (Å²) in [7, 11) is -0.206. The zero-order valence-electron chi connectivity index (χ0n) is 14.1. The fraction of sp³-hybridized carbons (Fsp3) is 0.250. The van der Waals surface area contributed by atoms with Crippen molar-refractivity contribution < 1.29 is 9.53 Å². The third-order valence-corrected chi connectivity index (χ3v) is 6.57. The molecule has 3 rings (SSSR count). The summed E-state index contributed by atoms with van der Waals surface area (Å²) in [6.45, 7) is 6.87. The zero-order chi connectivity index (χ0) is 16.7. The van der Waals surface area contributed by atoms with Crippen molar-refractivity contribution in [1.29, 1.82) is 0 Å². The Balaban J connectivity index is 2.24. The summed E-state index contributed by atoms with van der Waals surface area (Å²) < 4.78 is 5.25. The van der Waals surface area contributed by atoms with E-state index in [9.17, 15) is 4.79 Å². The molecular weight excluding hydrogens is 300 g/mol. The number of rotatable bonds is 4. The lowest BCUT2D eigenvalue weighted by atomic mass is 9.88. The van der Waals surface area contributed by atoms with Crippen LogP contribution in [0.4, 0.5) is 0 Å². The Morgan fingerprint density at radius 2 is 1.43 bits per heavy atom. The first-order chi connectivity index (χ1) is 10.9. The molecule has 0 saturated carbocycles. The molecule has 0 saturated heterocycles. The molecule has 0 bridgehead atoms. The van der Waals surface area contributed by atoms with Crippen LogP contribution in [0, 0.1) is 0 Å². The van der Waals surface area contributed by atoms with Gasteiger partial charge >= 0.3 is 5.97 Å². The van der Waals surface area contributed by atoms with Crippen molar-refractivity contribution in [3.8, 4) is 0 Å². The molecule has 1 atom stereocenters. The van der Waals surface area contributed by atoms with E-state index in [1.165, 1.54) is 12.3 Å². The molecule has 0 fully saturated rings. The molecule has 0 unspecified atom stereocenters. The van der Waals surface area contributed by atoms with Gasteiger partial charge in [-0.05, 0) is 16.7 Å². The third-order valence-electron chi connectivity index (χ3n) is 4.45. The first-order valence-corrected chi connectivity index (χ1v) is 11.4. The smallest absolute Gasteiger partial charge is 0.324 e. The number of carbonyl (C=O) groups is 1. The van der Waals surface area contributed by atoms with Crippen molar-refractivity contribution in [2.45, 2.75) is 25.1 Å². The van der Waals surface area contributed by atoms with Gasteiger partial charge in [-0.15, -0.1) is 0 Å². The van der Waals surface area contributed by atoms with E-state index in [4.69, 9.17) is 4.74 Å². The van der Waals surface area contributed by atoms with Gasteiger partial charge in [-0.1, -0.05) is 85.5 Å². The predicted molar refractivity (Wildman–Crippen MR) is 96.8 cm³/mol. The summed E-state index contributed by atoms with van der Waals surface area (Å²) in [4.78, 5) is 12.9. The van der Waals surface area contributed by atoms with Crippen LogP contribution in [0.25, 0.3) is 5.57 Å². The minimum atomic E-state index is -1.69. The highest BCUT2D eigenvalue weighted by Gasteiger charge is 2.64. The normalized spacial score (nSPS) is 20.3. The van der Waals surface area contributed by atoms with Crippen LogP contribution < -0.4 is 0 Å². The molecule has 1 aliphatic carbocycles. The van der Waals surface area contributed by atoms with Crippen LogP contribution in [0.15, 0.2) is 65.9 Å². The van der Waals surface area contributed by atoms with Gasteiger partial charge in [0.1, 0.15) is 5.41 Å². The summed E-state index contributed by atoms with van der Waals surface area (Å²) in [6.07, 6.45) is 0. The standard InChI is InChI=1S/C20H22O2Si/c1-22-19(21)20(16-13-9-6-10-14-16)17(18(20)23(2,3)4)15-11-7-5-8-12-15/h5-14H,1-4H3/t20-/m1/s1. The van der Waals surface area contributed by atoms with E-state index >= 15 is 0 Å². The molecule has 2 nitrogen and oxygen atoms in total. The van der Waals surface area contributed by atoms with Crippen molar-refractivity contribution >= 4 is 19.6 Å². The minimum Gasteiger partial charge on any atom is -0.468 e. The average Bonchev–Trinajstić information content (AvgIpc) is 3.28. The van der Waals surface area contributed by atoms with Crippen LogP contribution in [0.3, 0.4) is 0 Å². The van der Waals surface area contributed by atoms with Gasteiger partial charge in [-0.3, -0.25) is 4.79 Å². The molecule has 2 aromatic carbocycles. The highest BCUT2D eigenvalue weighted by Crippen LogP contribution is 2.63. The quantitative estimate of drug-likeness (QED) is 0.614. The number of methoxy groups -OCH3 is 1. The van der Waals surface area contributed by atoms with E-state index in [-0.39, 0.29) is 5.97 Å². The highest BCUT2D eigenvalue weighted by molar-refractivity contribution is 6.87. The van der Waals surface area contributed by atoms with Crippen LogP contribution >= 0.6 is 0 Å². The molecule has 2 aromatic rings. The molecule has 3 heteroatoms. The fourth-order valence-electron chi connectivity index (χ4n) is 3.64. The first kappa shape index (κ1) is 15.8. The zero-order valence-corrected chi connectivity index (χ0v) is 15.1. The summed E-state index contributed by atoms with van der Waals surface area (Å²) in [5.41, 5.74) is 2.60. The SMILES string of the molecule is COC(=O)[C@]1(c2ccccc2)C(c2ccccc2)=C1[Si](C)(C)C. The van der Waals surface area contributed by atoms with Crippen molar-refractivity contribution in [3.63, 3.8) is 0 Å². The molecule has 0 spiro atoms. The lowest BCUT2D eigenvalue weighted by molar-refractivity contribution is -0.142. The number of hydrogen-bond acceptors (Lipinski definition) is 2. The van der Waals surface area contributed by atoms with Crippen LogP contribution in [0.2, 0.25) is 19.6 Å². The van der Waals surface area contributed by atoms with Crippen molar-refractivity contribution in [1.82, 2.24) is 0 Å². The van der Waals surface area contributed by atoms with E-state index in [1.807, 2.05) is 48.5 Å². The molecule has 0 N–H and O–H groups in total. The van der Waals surface area contributed by atoms with Crippen LogP contribution in [-0.4, -0.2) is 21.2 Å². The summed E-state index contributed by atoms with van der Waals surface area (Å²) in [6, 6.07) is 20.2. The predicted octanol–water partition coefficient (Wildman–Crippen LogP) is 4.44. The third kappa shape index (κ3) is 2.36. The molecular formula is C20H22O2Si. The molecule has 1 aliphatic rings. The van der Waals surface area contributed by atoms with E-state index in [0.717, 1.165) is 16.7 Å². The Morgan fingerprint density at radius 3 is 1.91 bits per heavy atom. The van der Waals surface area contributed by atoms with E-state index in [0.29, 0.717) is 0 Å². The monoisotopic (exact) mass is 322 g/mol. The maximum Gasteiger partial charge on any atom is 0.324 e. The minimum absolute atomic E-state index is 0.167. The van der Waals surface area contributed by atoms with Gasteiger partial charge in [0.25, 0.3) is 0 Å². The highest BCUT2D eigenvalue weighted by atomic mass is 28.3. The average molecular weight is 322 g/mol. The largest absolute Gasteiger partial charge is 0.468 e. The first-order valence-electron chi connectivity index (χ1n) is 7.89. The molecule has 118 valence electrons. The summed E-state index contributed by atoms with van der Waals surface area (Å²) in [5, 5.41) is 1.29. The molecule has 23 heavy (non-hydrogen) atoms. The Kier molecular flexibility index (Phi) is 3.76. The Labute approximate surface area is 138 Å². The van der Waals surface area contributed by atoms with E-state index < -0.39 is 13.5 Å². The van der Waals surface area contributed by atoms with Gasteiger partial charge in [0.15, 0.2) is 0 Å². The summed E-state index contributed by atoms with van der Waals surface area (Å²) in [5.74, 6) is -0.167. The second-order valence-corrected chi connectivity index (χ2v) is 12.0. The number of carbonyl (C=O) groups excluding carboxylic acids is 1. The second-order valence-electron chi connectivity index (χ2n) is 6.97. The van der Waals surface area contributed by atoms with Gasteiger partial charge in [0, 0.05) is 0 Å². The molecule has 0 aliphatic heterocycles. The number of esters is 1. The molecule has 0 radical (unpaired) electrons. The Morgan fingerprint density at radius 1 is 0.913 bits per heavy atom. The van der Waals surface area contributed by atoms with Crippen LogP contribution in [0.5, 0.6) is 0 Å². The number of hydrogen-bond donors (Lipinski definition) is 0. The maximum atomic E-state index is 12.9. The molecule has 0 heterocycles. The number of benzene rings is 2. The lowest BCUT2D eigenvalue weighted by Crippen LogP contribution is -2.34. The van der Waals surface area contributed by atoms with Gasteiger partial charge in [0.2, 0.25) is 0 Å². The van der Waals surface area contributed by atoms with Crippen LogP contribution in [0.1, 0.15) is 11.1 Å². The van der Waals surface area contributed by atoms with Crippen molar-refractivity contribution in [2.75, 3.05) is 7.11 Å². The maximum absolute atomic E-state index is 12.9.